The molecule has 0 spiro atoms. The topological polar surface area (TPSA) is 9.86 Å². The van der Waals surface area contributed by atoms with Gasteiger partial charge in [0.1, 0.15) is 0 Å². The van der Waals surface area contributed by atoms with Gasteiger partial charge in [-0.05, 0) is 99.8 Å². The number of fused-ring (bicyclic) bond motifs is 7. The quantitative estimate of drug-likeness (QED) is 0.188. The Morgan fingerprint density at radius 1 is 0.250 bits per heavy atom. The van der Waals surface area contributed by atoms with E-state index in [1.807, 2.05) is 0 Å². The maximum absolute atomic E-state index is 2.46. The lowest BCUT2D eigenvalue weighted by Gasteiger charge is -2.14. The Kier molecular flexibility index (Phi) is 5.91. The van der Waals surface area contributed by atoms with Crippen LogP contribution < -0.4 is 0 Å². The largest absolute Gasteiger partial charge is 0.309 e. The van der Waals surface area contributed by atoms with Crippen molar-refractivity contribution < 1.29 is 0 Å². The Morgan fingerprint density at radius 3 is 1.19 bits per heavy atom. The molecule has 10 aromatic rings. The smallest absolute Gasteiger partial charge is 0.0547 e. The van der Waals surface area contributed by atoms with E-state index in [-0.39, 0.29) is 0 Å². The average Bonchev–Trinajstić information content (AvgIpc) is 3.65. The summed E-state index contributed by atoms with van der Waals surface area (Å²) in [5, 5.41) is 7.53. The molecular formula is C46H30N2. The second-order valence-corrected chi connectivity index (χ2v) is 12.6. The highest BCUT2D eigenvalue weighted by Crippen LogP contribution is 2.40. The summed E-state index contributed by atoms with van der Waals surface area (Å²) in [7, 11) is 0. The molecule has 0 atom stereocenters. The van der Waals surface area contributed by atoms with Crippen molar-refractivity contribution in [3.63, 3.8) is 0 Å². The lowest BCUT2D eigenvalue weighted by atomic mass is 9.98. The molecule has 2 nitrogen and oxygen atoms in total. The van der Waals surface area contributed by atoms with Crippen LogP contribution in [0.1, 0.15) is 0 Å². The Labute approximate surface area is 278 Å². The highest BCUT2D eigenvalue weighted by Gasteiger charge is 2.18. The van der Waals surface area contributed by atoms with Crippen molar-refractivity contribution in [2.45, 2.75) is 0 Å². The van der Waals surface area contributed by atoms with Crippen molar-refractivity contribution in [1.29, 1.82) is 0 Å². The van der Waals surface area contributed by atoms with Crippen LogP contribution in [0.5, 0.6) is 0 Å². The van der Waals surface area contributed by atoms with E-state index in [0.29, 0.717) is 0 Å². The predicted octanol–water partition coefficient (Wildman–Crippen LogP) is 12.4. The lowest BCUT2D eigenvalue weighted by molar-refractivity contribution is 1.18. The van der Waals surface area contributed by atoms with Crippen LogP contribution in [-0.2, 0) is 0 Å². The van der Waals surface area contributed by atoms with Gasteiger partial charge in [0.05, 0.1) is 22.1 Å². The van der Waals surface area contributed by atoms with Crippen molar-refractivity contribution in [3.8, 4) is 33.6 Å². The molecule has 0 unspecified atom stereocenters. The van der Waals surface area contributed by atoms with Crippen molar-refractivity contribution in [3.05, 3.63) is 182 Å². The van der Waals surface area contributed by atoms with E-state index < -0.39 is 0 Å². The minimum atomic E-state index is 1.15. The summed E-state index contributed by atoms with van der Waals surface area (Å²) in [5.41, 5.74) is 12.0. The van der Waals surface area contributed by atoms with Crippen LogP contribution in [0.15, 0.2) is 182 Å². The van der Waals surface area contributed by atoms with E-state index in [1.165, 1.54) is 82.3 Å². The highest BCUT2D eigenvalue weighted by atomic mass is 15.0. The molecule has 0 bridgehead atoms. The van der Waals surface area contributed by atoms with Gasteiger partial charge in [0.15, 0.2) is 0 Å². The Morgan fingerprint density at radius 2 is 0.667 bits per heavy atom. The van der Waals surface area contributed by atoms with Gasteiger partial charge in [-0.2, -0.15) is 0 Å². The van der Waals surface area contributed by atoms with Gasteiger partial charge in [0.2, 0.25) is 0 Å². The molecule has 48 heavy (non-hydrogen) atoms. The van der Waals surface area contributed by atoms with E-state index in [9.17, 15) is 0 Å². The number of hydrogen-bond donors (Lipinski definition) is 0. The fourth-order valence-electron chi connectivity index (χ4n) is 7.65. The van der Waals surface area contributed by atoms with E-state index in [1.54, 1.807) is 0 Å². The average molecular weight is 611 g/mol. The van der Waals surface area contributed by atoms with E-state index in [2.05, 4.69) is 191 Å². The number of hydrogen-bond acceptors (Lipinski definition) is 0. The number of para-hydroxylation sites is 3. The highest BCUT2D eigenvalue weighted by molar-refractivity contribution is 6.18. The third-order valence-electron chi connectivity index (χ3n) is 9.83. The first-order valence-electron chi connectivity index (χ1n) is 16.5. The lowest BCUT2D eigenvalue weighted by Crippen LogP contribution is -1.96. The summed E-state index contributed by atoms with van der Waals surface area (Å²) in [5.74, 6) is 0. The standard InChI is InChI=1S/C46H30N2/c1-4-14-31(15-5-1)33-24-34(32-16-6-2-7-17-32)26-38(25-33)48-44-23-13-11-21-40(44)42-28-35-27-41-39-20-10-12-22-43(39)47(37-18-8-3-9-19-37)45(41)29-36(35)30-46(42)48/h1-30H. The molecule has 0 aliphatic rings. The molecule has 0 aliphatic carbocycles. The molecule has 10 rings (SSSR count). The molecule has 0 aliphatic heterocycles. The molecule has 0 saturated carbocycles. The van der Waals surface area contributed by atoms with E-state index in [0.717, 1.165) is 5.69 Å². The van der Waals surface area contributed by atoms with Crippen molar-refractivity contribution >= 4 is 54.4 Å². The first kappa shape index (κ1) is 26.8. The van der Waals surface area contributed by atoms with Crippen LogP contribution >= 0.6 is 0 Å². The van der Waals surface area contributed by atoms with E-state index >= 15 is 0 Å². The summed E-state index contributed by atoms with van der Waals surface area (Å²) < 4.78 is 4.86. The van der Waals surface area contributed by atoms with Gasteiger partial charge in [-0.3, -0.25) is 0 Å². The Bertz CT molecular complexity index is 2750. The Balaban J connectivity index is 1.29. The number of rotatable bonds is 4. The van der Waals surface area contributed by atoms with Gasteiger partial charge >= 0.3 is 0 Å². The molecule has 224 valence electrons. The van der Waals surface area contributed by atoms with Crippen LogP contribution in [-0.4, -0.2) is 9.13 Å². The first-order valence-corrected chi connectivity index (χ1v) is 16.5. The fourth-order valence-corrected chi connectivity index (χ4v) is 7.65. The van der Waals surface area contributed by atoms with Gasteiger partial charge in [-0.25, -0.2) is 0 Å². The minimum Gasteiger partial charge on any atom is -0.309 e. The number of nitrogens with zero attached hydrogens (tertiary/aromatic N) is 2. The summed E-state index contributed by atoms with van der Waals surface area (Å²) in [6.45, 7) is 0. The minimum absolute atomic E-state index is 1.15. The van der Waals surface area contributed by atoms with Crippen molar-refractivity contribution in [1.82, 2.24) is 9.13 Å². The number of aromatic nitrogens is 2. The van der Waals surface area contributed by atoms with Crippen LogP contribution in [0.3, 0.4) is 0 Å². The molecular weight excluding hydrogens is 581 g/mol. The molecule has 0 fully saturated rings. The third-order valence-corrected chi connectivity index (χ3v) is 9.83. The fraction of sp³-hybridized carbons (Fsp3) is 0. The predicted molar refractivity (Wildman–Crippen MR) is 203 cm³/mol. The second-order valence-electron chi connectivity index (χ2n) is 12.6. The monoisotopic (exact) mass is 610 g/mol. The summed E-state index contributed by atoms with van der Waals surface area (Å²) in [6.07, 6.45) is 0. The normalized spacial score (nSPS) is 11.8. The van der Waals surface area contributed by atoms with Crippen molar-refractivity contribution in [2.75, 3.05) is 0 Å². The molecule has 2 heterocycles. The molecule has 0 saturated heterocycles. The molecule has 2 aromatic heterocycles. The van der Waals surface area contributed by atoms with Gasteiger partial charge in [-0.1, -0.05) is 115 Å². The van der Waals surface area contributed by atoms with Crippen molar-refractivity contribution in [2.24, 2.45) is 0 Å². The second kappa shape index (κ2) is 10.6. The molecule has 8 aromatic carbocycles. The first-order chi connectivity index (χ1) is 23.8. The summed E-state index contributed by atoms with van der Waals surface area (Å²) in [4.78, 5) is 0. The molecule has 0 radical (unpaired) electrons. The molecule has 0 N–H and O–H groups in total. The van der Waals surface area contributed by atoms with Crippen LogP contribution in [0.2, 0.25) is 0 Å². The zero-order valence-electron chi connectivity index (χ0n) is 26.2. The van der Waals surface area contributed by atoms with Gasteiger partial charge < -0.3 is 9.13 Å². The third kappa shape index (κ3) is 4.13. The maximum Gasteiger partial charge on any atom is 0.0547 e. The number of benzene rings is 8. The Hall–Kier alpha value is -6.38. The van der Waals surface area contributed by atoms with E-state index in [4.69, 9.17) is 0 Å². The molecule has 0 amide bonds. The van der Waals surface area contributed by atoms with Gasteiger partial charge in [-0.15, -0.1) is 0 Å². The SMILES string of the molecule is c1ccc(-c2cc(-c3ccccc3)cc(-n3c4ccccc4c4cc5cc6c7ccccc7n(-c7ccccc7)c6cc5cc43)c2)cc1. The van der Waals surface area contributed by atoms with Crippen LogP contribution in [0, 0.1) is 0 Å². The summed E-state index contributed by atoms with van der Waals surface area (Å²) >= 11 is 0. The van der Waals surface area contributed by atoms with Gasteiger partial charge in [0, 0.05) is 32.9 Å². The zero-order valence-corrected chi connectivity index (χ0v) is 26.2. The van der Waals surface area contributed by atoms with Crippen LogP contribution in [0.25, 0.3) is 88.0 Å². The zero-order chi connectivity index (χ0) is 31.6. The molecule has 2 heteroatoms. The van der Waals surface area contributed by atoms with Crippen LogP contribution in [0.4, 0.5) is 0 Å². The summed E-state index contributed by atoms with van der Waals surface area (Å²) in [6, 6.07) is 66.3. The van der Waals surface area contributed by atoms with Gasteiger partial charge in [0.25, 0.3) is 0 Å². The maximum atomic E-state index is 2.46.